The number of aryl methyl sites for hydroxylation is 3. The fourth-order valence-corrected chi connectivity index (χ4v) is 1.98. The lowest BCUT2D eigenvalue weighted by atomic mass is 10.0. The zero-order valence-corrected chi connectivity index (χ0v) is 11.8. The van der Waals surface area contributed by atoms with Gasteiger partial charge in [0.1, 0.15) is 0 Å². The van der Waals surface area contributed by atoms with Crippen molar-refractivity contribution in [1.82, 2.24) is 5.32 Å². The molecule has 0 aliphatic heterocycles. The van der Waals surface area contributed by atoms with Crippen LogP contribution in [0.4, 0.5) is 0 Å². The molecule has 0 unspecified atom stereocenters. The second-order valence-corrected chi connectivity index (χ2v) is 5.34. The van der Waals surface area contributed by atoms with Crippen LogP contribution in [0, 0.1) is 13.8 Å². The molecule has 0 saturated carbocycles. The number of unbranched alkanes of at least 4 members (excludes halogenated alkanes) is 2. The Hall–Kier alpha value is -0.820. The first-order valence-electron chi connectivity index (χ1n) is 6.89. The Labute approximate surface area is 107 Å². The molecule has 1 nitrogen and oxygen atoms in total. The highest BCUT2D eigenvalue weighted by Crippen LogP contribution is 2.12. The van der Waals surface area contributed by atoms with Crippen LogP contribution in [0.3, 0.4) is 0 Å². The Morgan fingerprint density at radius 3 is 2.41 bits per heavy atom. The third kappa shape index (κ3) is 5.88. The molecule has 0 radical (unpaired) electrons. The molecule has 1 aromatic rings. The first kappa shape index (κ1) is 14.2. The Morgan fingerprint density at radius 1 is 1.00 bits per heavy atom. The minimum Gasteiger partial charge on any atom is -0.315 e. The third-order valence-corrected chi connectivity index (χ3v) is 3.27. The smallest absolute Gasteiger partial charge is 0.00103 e. The first-order valence-corrected chi connectivity index (χ1v) is 6.89. The second kappa shape index (κ2) is 7.50. The molecule has 1 heteroatoms. The molecule has 1 rings (SSSR count). The number of rotatable bonds is 7. The number of hydrogen-bond donors (Lipinski definition) is 1. The molecule has 0 aromatic heterocycles. The van der Waals surface area contributed by atoms with Crippen LogP contribution in [0.2, 0.25) is 0 Å². The maximum atomic E-state index is 3.46. The molecule has 0 atom stereocenters. The summed E-state index contributed by atoms with van der Waals surface area (Å²) in [6.45, 7) is 9.94. The summed E-state index contributed by atoms with van der Waals surface area (Å²) in [5, 5.41) is 3.46. The minimum atomic E-state index is 0.620. The van der Waals surface area contributed by atoms with Gasteiger partial charge in [0.2, 0.25) is 0 Å². The topological polar surface area (TPSA) is 12.0 Å². The molecule has 0 aliphatic rings. The summed E-state index contributed by atoms with van der Waals surface area (Å²) in [6, 6.07) is 7.47. The summed E-state index contributed by atoms with van der Waals surface area (Å²) in [5.74, 6) is 0. The normalized spacial score (nSPS) is 11.1. The number of hydrogen-bond acceptors (Lipinski definition) is 1. The van der Waals surface area contributed by atoms with E-state index in [9.17, 15) is 0 Å². The highest BCUT2D eigenvalue weighted by atomic mass is 14.9. The maximum Gasteiger partial charge on any atom is 0.00103 e. The number of benzene rings is 1. The van der Waals surface area contributed by atoms with Crippen molar-refractivity contribution in [2.45, 2.75) is 59.4 Å². The van der Waals surface area contributed by atoms with Gasteiger partial charge in [-0.1, -0.05) is 38.5 Å². The average molecular weight is 233 g/mol. The lowest BCUT2D eigenvalue weighted by Crippen LogP contribution is -2.23. The van der Waals surface area contributed by atoms with Crippen LogP contribution < -0.4 is 5.32 Å². The van der Waals surface area contributed by atoms with Crippen molar-refractivity contribution < 1.29 is 0 Å². The van der Waals surface area contributed by atoms with Gasteiger partial charge in [0, 0.05) is 6.04 Å². The van der Waals surface area contributed by atoms with Gasteiger partial charge < -0.3 is 5.32 Å². The predicted molar refractivity (Wildman–Crippen MR) is 76.6 cm³/mol. The number of nitrogens with one attached hydrogen (secondary N) is 1. The van der Waals surface area contributed by atoms with Crippen LogP contribution in [-0.2, 0) is 6.42 Å². The molecule has 0 aliphatic carbocycles. The molecule has 96 valence electrons. The standard InChI is InChI=1S/C16H27N/c1-13(2)17-11-7-5-6-8-16-10-9-14(3)15(4)12-16/h9-10,12-13,17H,5-8,11H2,1-4H3. The maximum absolute atomic E-state index is 3.46. The fourth-order valence-electron chi connectivity index (χ4n) is 1.98. The Balaban J connectivity index is 2.16. The predicted octanol–water partition coefficient (Wildman–Crippen LogP) is 4.01. The molecule has 1 N–H and O–H groups in total. The lowest BCUT2D eigenvalue weighted by Gasteiger charge is -2.08. The van der Waals surface area contributed by atoms with Gasteiger partial charge >= 0.3 is 0 Å². The quantitative estimate of drug-likeness (QED) is 0.702. The van der Waals surface area contributed by atoms with Crippen molar-refractivity contribution in [1.29, 1.82) is 0 Å². The lowest BCUT2D eigenvalue weighted by molar-refractivity contribution is 0.548. The van der Waals surface area contributed by atoms with Gasteiger partial charge in [-0.25, -0.2) is 0 Å². The van der Waals surface area contributed by atoms with Crippen molar-refractivity contribution >= 4 is 0 Å². The SMILES string of the molecule is Cc1ccc(CCCCCNC(C)C)cc1C. The molecular weight excluding hydrogens is 206 g/mol. The third-order valence-electron chi connectivity index (χ3n) is 3.27. The van der Waals surface area contributed by atoms with Crippen molar-refractivity contribution in [2.24, 2.45) is 0 Å². The summed E-state index contributed by atoms with van der Waals surface area (Å²) < 4.78 is 0. The molecule has 1 aromatic carbocycles. The van der Waals surface area contributed by atoms with E-state index in [2.05, 4.69) is 51.2 Å². The first-order chi connectivity index (χ1) is 8.09. The summed E-state index contributed by atoms with van der Waals surface area (Å²) >= 11 is 0. The molecule has 0 saturated heterocycles. The van der Waals surface area contributed by atoms with E-state index in [4.69, 9.17) is 0 Å². The van der Waals surface area contributed by atoms with E-state index in [1.807, 2.05) is 0 Å². The van der Waals surface area contributed by atoms with E-state index < -0.39 is 0 Å². The van der Waals surface area contributed by atoms with E-state index in [0.29, 0.717) is 6.04 Å². The van der Waals surface area contributed by atoms with E-state index in [0.717, 1.165) is 6.54 Å². The van der Waals surface area contributed by atoms with Crippen LogP contribution in [-0.4, -0.2) is 12.6 Å². The van der Waals surface area contributed by atoms with Gasteiger partial charge in [0.15, 0.2) is 0 Å². The molecule has 0 heterocycles. The zero-order chi connectivity index (χ0) is 12.7. The van der Waals surface area contributed by atoms with Crippen molar-refractivity contribution in [3.63, 3.8) is 0 Å². The van der Waals surface area contributed by atoms with Gasteiger partial charge in [0.05, 0.1) is 0 Å². The second-order valence-electron chi connectivity index (χ2n) is 5.34. The molecular formula is C16H27N. The monoisotopic (exact) mass is 233 g/mol. The van der Waals surface area contributed by atoms with Crippen molar-refractivity contribution in [2.75, 3.05) is 6.54 Å². The molecule has 0 fully saturated rings. The minimum absolute atomic E-state index is 0.620. The van der Waals surface area contributed by atoms with Gasteiger partial charge in [-0.05, 0) is 56.3 Å². The van der Waals surface area contributed by atoms with Crippen molar-refractivity contribution in [3.8, 4) is 0 Å². The molecule has 17 heavy (non-hydrogen) atoms. The molecule has 0 bridgehead atoms. The van der Waals surface area contributed by atoms with Gasteiger partial charge in [-0.2, -0.15) is 0 Å². The zero-order valence-electron chi connectivity index (χ0n) is 11.8. The summed E-state index contributed by atoms with van der Waals surface area (Å²) in [7, 11) is 0. The fraction of sp³-hybridized carbons (Fsp3) is 0.625. The van der Waals surface area contributed by atoms with Gasteiger partial charge in [0.25, 0.3) is 0 Å². The Kier molecular flexibility index (Phi) is 6.28. The van der Waals surface area contributed by atoms with E-state index in [1.54, 1.807) is 0 Å². The van der Waals surface area contributed by atoms with Crippen molar-refractivity contribution in [3.05, 3.63) is 34.9 Å². The van der Waals surface area contributed by atoms with Crippen LogP contribution in [0.5, 0.6) is 0 Å². The highest BCUT2D eigenvalue weighted by molar-refractivity contribution is 5.29. The molecule has 0 spiro atoms. The summed E-state index contributed by atoms with van der Waals surface area (Å²) in [5.41, 5.74) is 4.31. The van der Waals surface area contributed by atoms with E-state index >= 15 is 0 Å². The van der Waals surface area contributed by atoms with Crippen LogP contribution in [0.25, 0.3) is 0 Å². The average Bonchev–Trinajstić information content (AvgIpc) is 2.27. The molecule has 0 amide bonds. The Bertz CT molecular complexity index is 328. The Morgan fingerprint density at radius 2 is 1.76 bits per heavy atom. The van der Waals surface area contributed by atoms with Crippen LogP contribution in [0.1, 0.15) is 49.8 Å². The highest BCUT2D eigenvalue weighted by Gasteiger charge is 1.97. The van der Waals surface area contributed by atoms with E-state index in [1.165, 1.54) is 42.4 Å². The van der Waals surface area contributed by atoms with Crippen LogP contribution in [0.15, 0.2) is 18.2 Å². The van der Waals surface area contributed by atoms with E-state index in [-0.39, 0.29) is 0 Å². The summed E-state index contributed by atoms with van der Waals surface area (Å²) in [4.78, 5) is 0. The van der Waals surface area contributed by atoms with Crippen LogP contribution >= 0.6 is 0 Å². The van der Waals surface area contributed by atoms with Gasteiger partial charge in [-0.15, -0.1) is 0 Å². The summed E-state index contributed by atoms with van der Waals surface area (Å²) in [6.07, 6.45) is 5.15. The van der Waals surface area contributed by atoms with Gasteiger partial charge in [-0.3, -0.25) is 0 Å². The largest absolute Gasteiger partial charge is 0.315 e.